The second-order valence-corrected chi connectivity index (χ2v) is 12.9. The van der Waals surface area contributed by atoms with Crippen LogP contribution in [0.3, 0.4) is 0 Å². The van der Waals surface area contributed by atoms with Gasteiger partial charge in [-0.2, -0.15) is 0 Å². The molecule has 0 fully saturated rings. The van der Waals surface area contributed by atoms with Gasteiger partial charge in [-0.1, -0.05) is 109 Å². The van der Waals surface area contributed by atoms with Crippen molar-refractivity contribution in [3.8, 4) is 5.69 Å². The molecule has 0 saturated carbocycles. The maximum atomic E-state index is 6.76. The molecule has 50 heavy (non-hydrogen) atoms. The molecule has 4 heteroatoms. The molecule has 0 N–H and O–H groups in total. The number of hydrogen-bond acceptors (Lipinski definition) is 3. The lowest BCUT2D eigenvalue weighted by atomic mass is 10.0. The van der Waals surface area contributed by atoms with E-state index in [0.29, 0.717) is 0 Å². The fourth-order valence-corrected chi connectivity index (χ4v) is 8.06. The highest BCUT2D eigenvalue weighted by Crippen LogP contribution is 2.50. The van der Waals surface area contributed by atoms with Gasteiger partial charge >= 0.3 is 0 Å². The monoisotopic (exact) mass is 640 g/mol. The highest BCUT2D eigenvalue weighted by atomic mass is 16.3. The van der Waals surface area contributed by atoms with Gasteiger partial charge in [-0.3, -0.25) is 0 Å². The fraction of sp³-hybridized carbons (Fsp3) is 0. The number of nitrogens with zero attached hydrogens (tertiary/aromatic N) is 2. The van der Waals surface area contributed by atoms with E-state index in [2.05, 4.69) is 161 Å². The molecule has 3 aromatic heterocycles. The van der Waals surface area contributed by atoms with Gasteiger partial charge < -0.3 is 18.3 Å². The van der Waals surface area contributed by atoms with Crippen molar-refractivity contribution in [2.45, 2.75) is 0 Å². The summed E-state index contributed by atoms with van der Waals surface area (Å²) in [6.07, 6.45) is 0. The SMILES string of the molecule is c1ccc(-n2c3ccccc3c3c(N(c4cccc5c4oc4ccccc45)c4cccc5ccc6c7ccccc7oc6c45)cccc32)cc1. The third-order valence-corrected chi connectivity index (χ3v) is 10.2. The molecule has 0 saturated heterocycles. The van der Waals surface area contributed by atoms with Crippen molar-refractivity contribution in [3.63, 3.8) is 0 Å². The number of para-hydroxylation sites is 5. The number of furan rings is 2. The van der Waals surface area contributed by atoms with Gasteiger partial charge in [0.15, 0.2) is 5.58 Å². The van der Waals surface area contributed by atoms with Gasteiger partial charge in [-0.05, 0) is 66.0 Å². The molecule has 0 aliphatic rings. The Morgan fingerprint density at radius 2 is 0.920 bits per heavy atom. The van der Waals surface area contributed by atoms with E-state index in [-0.39, 0.29) is 0 Å². The first-order chi connectivity index (χ1) is 24.8. The third kappa shape index (κ3) is 3.76. The number of anilines is 3. The van der Waals surface area contributed by atoms with Gasteiger partial charge in [0, 0.05) is 43.4 Å². The van der Waals surface area contributed by atoms with Gasteiger partial charge in [0.25, 0.3) is 0 Å². The molecule has 4 nitrogen and oxygen atoms in total. The number of aromatic nitrogens is 1. The summed E-state index contributed by atoms with van der Waals surface area (Å²) in [4.78, 5) is 2.39. The van der Waals surface area contributed by atoms with Crippen LogP contribution in [0, 0.1) is 0 Å². The second kappa shape index (κ2) is 10.4. The first-order valence-corrected chi connectivity index (χ1v) is 16.9. The molecular formula is C46H28N2O2. The van der Waals surface area contributed by atoms with Crippen LogP contribution in [0.15, 0.2) is 179 Å². The van der Waals surface area contributed by atoms with E-state index in [1.54, 1.807) is 0 Å². The van der Waals surface area contributed by atoms with Gasteiger partial charge in [0.05, 0.1) is 28.1 Å². The van der Waals surface area contributed by atoms with E-state index in [1.165, 1.54) is 5.39 Å². The van der Waals surface area contributed by atoms with Crippen LogP contribution in [0.4, 0.5) is 17.1 Å². The van der Waals surface area contributed by atoms with Crippen LogP contribution in [-0.4, -0.2) is 4.57 Å². The molecule has 0 aliphatic heterocycles. The molecule has 11 rings (SSSR count). The van der Waals surface area contributed by atoms with E-state index in [9.17, 15) is 0 Å². The summed E-state index contributed by atoms with van der Waals surface area (Å²) in [6.45, 7) is 0. The predicted molar refractivity (Wildman–Crippen MR) is 208 cm³/mol. The van der Waals surface area contributed by atoms with Crippen molar-refractivity contribution in [1.29, 1.82) is 0 Å². The highest BCUT2D eigenvalue weighted by molar-refractivity contribution is 6.23. The zero-order valence-electron chi connectivity index (χ0n) is 26.9. The van der Waals surface area contributed by atoms with Crippen LogP contribution in [0.5, 0.6) is 0 Å². The molecule has 11 aromatic rings. The summed E-state index contributed by atoms with van der Waals surface area (Å²) < 4.78 is 15.9. The largest absolute Gasteiger partial charge is 0.455 e. The fourth-order valence-electron chi connectivity index (χ4n) is 8.06. The van der Waals surface area contributed by atoms with Crippen molar-refractivity contribution in [2.75, 3.05) is 4.90 Å². The third-order valence-electron chi connectivity index (χ3n) is 10.2. The predicted octanol–water partition coefficient (Wildman–Crippen LogP) is 13.2. The summed E-state index contributed by atoms with van der Waals surface area (Å²) >= 11 is 0. The first kappa shape index (κ1) is 27.2. The molecule has 0 atom stereocenters. The van der Waals surface area contributed by atoms with Gasteiger partial charge in [0.2, 0.25) is 0 Å². The Morgan fingerprint density at radius 1 is 0.360 bits per heavy atom. The molecule has 8 aromatic carbocycles. The summed E-state index contributed by atoms with van der Waals surface area (Å²) in [5, 5.41) is 8.89. The minimum atomic E-state index is 0.839. The van der Waals surface area contributed by atoms with Crippen LogP contribution >= 0.6 is 0 Å². The maximum absolute atomic E-state index is 6.76. The standard InChI is InChI=1S/C46H28N2O2/c1-2-14-30(15-3-1)47-36-20-7-4-18-35(36)44-38(47)22-12-23-39(44)48(40-24-11-19-33-31-16-5-8-25-41(31)49-45(33)40)37-21-10-13-29-27-28-34-32-17-6-9-26-42(32)50-46(34)43(29)37/h1-28H. The van der Waals surface area contributed by atoms with E-state index in [1.807, 2.05) is 18.2 Å². The Labute approximate surface area is 286 Å². The lowest BCUT2D eigenvalue weighted by molar-refractivity contribution is 0.669. The Morgan fingerprint density at radius 3 is 1.72 bits per heavy atom. The molecule has 0 radical (unpaired) electrons. The number of fused-ring (bicyclic) bond motifs is 11. The minimum Gasteiger partial charge on any atom is -0.455 e. The van der Waals surface area contributed by atoms with Gasteiger partial charge in [0.1, 0.15) is 16.7 Å². The van der Waals surface area contributed by atoms with Crippen molar-refractivity contribution < 1.29 is 8.83 Å². The van der Waals surface area contributed by atoms with Gasteiger partial charge in [-0.25, -0.2) is 0 Å². The molecule has 0 unspecified atom stereocenters. The van der Waals surface area contributed by atoms with Crippen molar-refractivity contribution in [3.05, 3.63) is 170 Å². The van der Waals surface area contributed by atoms with Crippen molar-refractivity contribution in [2.24, 2.45) is 0 Å². The maximum Gasteiger partial charge on any atom is 0.159 e. The Hall–Kier alpha value is -6.78. The Balaban J connectivity index is 1.32. The second-order valence-electron chi connectivity index (χ2n) is 12.9. The zero-order chi connectivity index (χ0) is 32.8. The Bertz CT molecular complexity index is 3110. The average molecular weight is 641 g/mol. The van der Waals surface area contributed by atoms with Crippen molar-refractivity contribution in [1.82, 2.24) is 4.57 Å². The smallest absolute Gasteiger partial charge is 0.159 e. The molecule has 0 aliphatic carbocycles. The van der Waals surface area contributed by atoms with E-state index < -0.39 is 0 Å². The minimum absolute atomic E-state index is 0.839. The summed E-state index contributed by atoms with van der Waals surface area (Å²) in [7, 11) is 0. The van der Waals surface area contributed by atoms with Crippen molar-refractivity contribution >= 4 is 93.5 Å². The van der Waals surface area contributed by atoms with E-state index in [0.717, 1.165) is 93.8 Å². The lowest BCUT2D eigenvalue weighted by Crippen LogP contribution is -2.11. The Kier molecular flexibility index (Phi) is 5.63. The number of rotatable bonds is 4. The number of hydrogen-bond donors (Lipinski definition) is 0. The molecule has 234 valence electrons. The number of benzene rings is 8. The van der Waals surface area contributed by atoms with Gasteiger partial charge in [-0.15, -0.1) is 0 Å². The summed E-state index contributed by atoms with van der Waals surface area (Å²) in [5.41, 5.74) is 9.90. The van der Waals surface area contributed by atoms with E-state index in [4.69, 9.17) is 8.83 Å². The van der Waals surface area contributed by atoms with Crippen LogP contribution in [0.25, 0.3) is 82.1 Å². The summed E-state index contributed by atoms with van der Waals surface area (Å²) in [5.74, 6) is 0. The van der Waals surface area contributed by atoms with Crippen LogP contribution in [0.1, 0.15) is 0 Å². The molecule has 3 heterocycles. The molecule has 0 bridgehead atoms. The quantitative estimate of drug-likeness (QED) is 0.192. The van der Waals surface area contributed by atoms with E-state index >= 15 is 0 Å². The normalized spacial score (nSPS) is 12.0. The lowest BCUT2D eigenvalue weighted by Gasteiger charge is -2.28. The molecule has 0 spiro atoms. The van der Waals surface area contributed by atoms with Crippen LogP contribution in [0.2, 0.25) is 0 Å². The van der Waals surface area contributed by atoms with Crippen LogP contribution in [-0.2, 0) is 0 Å². The molecular weight excluding hydrogens is 613 g/mol. The topological polar surface area (TPSA) is 34.5 Å². The molecule has 0 amide bonds. The van der Waals surface area contributed by atoms with Crippen LogP contribution < -0.4 is 4.90 Å². The first-order valence-electron chi connectivity index (χ1n) is 16.9. The zero-order valence-corrected chi connectivity index (χ0v) is 26.9. The average Bonchev–Trinajstić information content (AvgIpc) is 3.86. The highest BCUT2D eigenvalue weighted by Gasteiger charge is 2.26. The summed E-state index contributed by atoms with van der Waals surface area (Å²) in [6, 6.07) is 60.0.